The molecule has 1 atom stereocenters. The van der Waals surface area contributed by atoms with E-state index in [1.165, 1.54) is 13.2 Å². The van der Waals surface area contributed by atoms with Gasteiger partial charge in [-0.1, -0.05) is 22.0 Å². The van der Waals surface area contributed by atoms with Gasteiger partial charge in [-0.05, 0) is 12.1 Å². The number of phenols is 1. The quantitative estimate of drug-likeness (QED) is 0.825. The van der Waals surface area contributed by atoms with E-state index in [4.69, 9.17) is 0 Å². The van der Waals surface area contributed by atoms with Gasteiger partial charge in [0.25, 0.3) is 0 Å². The smallest absolute Gasteiger partial charge is 0.308 e. The number of benzene rings is 1. The Bertz CT molecular complexity index is 344. The number of rotatable bonds is 3. The van der Waals surface area contributed by atoms with Gasteiger partial charge in [0.15, 0.2) is 0 Å². The summed E-state index contributed by atoms with van der Waals surface area (Å²) >= 11 is 3.19. The standard InChI is InChI=1S/C10H11BrO4/c1-15-9(14)5-8(13)10-6(11)3-2-4-7(10)12/h2-4,8,12-13H,5H2,1H3/t8-/m0/s1. The minimum Gasteiger partial charge on any atom is -0.508 e. The van der Waals surface area contributed by atoms with Crippen LogP contribution in [0.1, 0.15) is 18.1 Å². The topological polar surface area (TPSA) is 66.8 Å². The SMILES string of the molecule is COC(=O)C[C@H](O)c1c(O)cccc1Br. The number of methoxy groups -OCH3 is 1. The molecule has 0 saturated heterocycles. The molecule has 0 radical (unpaired) electrons. The summed E-state index contributed by atoms with van der Waals surface area (Å²) in [6.45, 7) is 0. The van der Waals surface area contributed by atoms with Crippen LogP contribution >= 0.6 is 15.9 Å². The lowest BCUT2D eigenvalue weighted by molar-refractivity contribution is -0.142. The summed E-state index contributed by atoms with van der Waals surface area (Å²) in [6, 6.07) is 4.75. The fourth-order valence-corrected chi connectivity index (χ4v) is 1.82. The highest BCUT2D eigenvalue weighted by molar-refractivity contribution is 9.10. The maximum Gasteiger partial charge on any atom is 0.308 e. The van der Waals surface area contributed by atoms with Gasteiger partial charge in [-0.15, -0.1) is 0 Å². The largest absolute Gasteiger partial charge is 0.508 e. The van der Waals surface area contributed by atoms with Crippen LogP contribution in [0, 0.1) is 0 Å². The maximum atomic E-state index is 10.9. The van der Waals surface area contributed by atoms with Crippen LogP contribution < -0.4 is 0 Å². The minimum atomic E-state index is -1.08. The van der Waals surface area contributed by atoms with Crippen LogP contribution in [0.3, 0.4) is 0 Å². The van der Waals surface area contributed by atoms with Gasteiger partial charge >= 0.3 is 5.97 Å². The molecule has 1 rings (SSSR count). The zero-order chi connectivity index (χ0) is 11.4. The number of phenolic OH excluding ortho intramolecular Hbond substituents is 1. The number of ether oxygens (including phenoxy) is 1. The second-order valence-electron chi connectivity index (χ2n) is 2.97. The lowest BCUT2D eigenvalue weighted by Crippen LogP contribution is -2.08. The highest BCUT2D eigenvalue weighted by Gasteiger charge is 2.19. The van der Waals surface area contributed by atoms with Gasteiger partial charge in [0.2, 0.25) is 0 Å². The Kier molecular flexibility index (Phi) is 4.11. The van der Waals surface area contributed by atoms with Crippen molar-refractivity contribution in [2.24, 2.45) is 0 Å². The summed E-state index contributed by atoms with van der Waals surface area (Å²) in [5.74, 6) is -0.585. The van der Waals surface area contributed by atoms with Crippen LogP contribution in [0.2, 0.25) is 0 Å². The van der Waals surface area contributed by atoms with Crippen molar-refractivity contribution >= 4 is 21.9 Å². The molecule has 4 nitrogen and oxygen atoms in total. The Morgan fingerprint density at radius 3 is 2.80 bits per heavy atom. The van der Waals surface area contributed by atoms with E-state index in [1.807, 2.05) is 0 Å². The van der Waals surface area contributed by atoms with Crippen molar-refractivity contribution in [3.63, 3.8) is 0 Å². The molecule has 0 amide bonds. The number of esters is 1. The predicted molar refractivity (Wildman–Crippen MR) is 57.4 cm³/mol. The first-order valence-corrected chi connectivity index (χ1v) is 5.07. The van der Waals surface area contributed by atoms with Crippen molar-refractivity contribution in [2.45, 2.75) is 12.5 Å². The molecular formula is C10H11BrO4. The lowest BCUT2D eigenvalue weighted by atomic mass is 10.1. The van der Waals surface area contributed by atoms with Crippen LogP contribution in [0.15, 0.2) is 22.7 Å². The second-order valence-corrected chi connectivity index (χ2v) is 3.82. The van der Waals surface area contributed by atoms with Gasteiger partial charge in [0, 0.05) is 10.0 Å². The lowest BCUT2D eigenvalue weighted by Gasteiger charge is -2.12. The van der Waals surface area contributed by atoms with Crippen molar-refractivity contribution in [1.82, 2.24) is 0 Å². The van der Waals surface area contributed by atoms with Crippen LogP contribution in [-0.4, -0.2) is 23.3 Å². The second kappa shape index (κ2) is 5.14. The number of hydrogen-bond donors (Lipinski definition) is 2. The summed E-state index contributed by atoms with van der Waals surface area (Å²) in [5.41, 5.74) is 0.294. The normalized spacial score (nSPS) is 12.2. The number of aliphatic hydroxyl groups excluding tert-OH is 1. The van der Waals surface area contributed by atoms with Crippen LogP contribution in [0.25, 0.3) is 0 Å². The van der Waals surface area contributed by atoms with Crippen LogP contribution in [0.5, 0.6) is 5.75 Å². The summed E-state index contributed by atoms with van der Waals surface area (Å²) in [7, 11) is 1.24. The van der Waals surface area contributed by atoms with E-state index in [9.17, 15) is 15.0 Å². The molecule has 0 aliphatic rings. The Morgan fingerprint density at radius 1 is 1.60 bits per heavy atom. The third kappa shape index (κ3) is 2.94. The Hall–Kier alpha value is -1.07. The molecule has 0 aliphatic heterocycles. The molecule has 0 bridgehead atoms. The molecule has 0 heterocycles. The fourth-order valence-electron chi connectivity index (χ4n) is 1.20. The van der Waals surface area contributed by atoms with Gasteiger partial charge in [-0.2, -0.15) is 0 Å². The van der Waals surface area contributed by atoms with E-state index in [0.29, 0.717) is 10.0 Å². The summed E-state index contributed by atoms with van der Waals surface area (Å²) in [5, 5.41) is 19.2. The fraction of sp³-hybridized carbons (Fsp3) is 0.300. The first kappa shape index (κ1) is 12.0. The predicted octanol–water partition coefficient (Wildman–Crippen LogP) is 1.75. The average Bonchev–Trinajstić information content (AvgIpc) is 2.17. The van der Waals surface area contributed by atoms with Crippen molar-refractivity contribution in [2.75, 3.05) is 7.11 Å². The van der Waals surface area contributed by atoms with Crippen molar-refractivity contribution in [3.8, 4) is 5.75 Å². The summed E-state index contributed by atoms with van der Waals surface area (Å²) in [6.07, 6.45) is -1.26. The van der Waals surface area contributed by atoms with Gasteiger partial charge in [0.05, 0.1) is 19.6 Å². The van der Waals surface area contributed by atoms with Gasteiger partial charge in [-0.25, -0.2) is 0 Å². The summed E-state index contributed by atoms with van der Waals surface area (Å²) in [4.78, 5) is 10.9. The number of carbonyl (C=O) groups excluding carboxylic acids is 1. The van der Waals surface area contributed by atoms with Crippen LogP contribution in [-0.2, 0) is 9.53 Å². The molecule has 0 aromatic heterocycles. The van der Waals surface area contributed by atoms with E-state index in [0.717, 1.165) is 0 Å². The molecule has 15 heavy (non-hydrogen) atoms. The summed E-state index contributed by atoms with van der Waals surface area (Å²) < 4.78 is 4.98. The zero-order valence-electron chi connectivity index (χ0n) is 8.11. The molecule has 82 valence electrons. The van der Waals surface area contributed by atoms with E-state index in [2.05, 4.69) is 20.7 Å². The van der Waals surface area contributed by atoms with Crippen LogP contribution in [0.4, 0.5) is 0 Å². The highest BCUT2D eigenvalue weighted by atomic mass is 79.9. The number of carbonyl (C=O) groups is 1. The first-order valence-electron chi connectivity index (χ1n) is 4.28. The Labute approximate surface area is 95.6 Å². The first-order chi connectivity index (χ1) is 7.06. The van der Waals surface area contributed by atoms with Gasteiger partial charge in [0.1, 0.15) is 5.75 Å². The third-order valence-electron chi connectivity index (χ3n) is 1.95. The van der Waals surface area contributed by atoms with Crippen molar-refractivity contribution < 1.29 is 19.7 Å². The molecule has 0 saturated carbocycles. The van der Waals surface area contributed by atoms with Gasteiger partial charge < -0.3 is 14.9 Å². The highest BCUT2D eigenvalue weighted by Crippen LogP contribution is 2.33. The Balaban J connectivity index is 2.90. The maximum absolute atomic E-state index is 10.9. The molecule has 0 fully saturated rings. The number of halogens is 1. The number of aliphatic hydroxyl groups is 1. The van der Waals surface area contributed by atoms with E-state index in [1.54, 1.807) is 12.1 Å². The molecule has 0 aliphatic carbocycles. The monoisotopic (exact) mass is 274 g/mol. The van der Waals surface area contributed by atoms with Crippen molar-refractivity contribution in [1.29, 1.82) is 0 Å². The molecule has 2 N–H and O–H groups in total. The van der Waals surface area contributed by atoms with Gasteiger partial charge in [-0.3, -0.25) is 4.79 Å². The molecule has 0 spiro atoms. The minimum absolute atomic E-state index is 0.0548. The molecule has 1 aromatic rings. The molecule has 0 unspecified atom stereocenters. The number of hydrogen-bond acceptors (Lipinski definition) is 4. The van der Waals surface area contributed by atoms with E-state index < -0.39 is 12.1 Å². The molecule has 1 aromatic carbocycles. The molecular weight excluding hydrogens is 264 g/mol. The molecule has 5 heteroatoms. The average molecular weight is 275 g/mol. The van der Waals surface area contributed by atoms with Crippen molar-refractivity contribution in [3.05, 3.63) is 28.2 Å². The number of aromatic hydroxyl groups is 1. The zero-order valence-corrected chi connectivity index (χ0v) is 9.69. The third-order valence-corrected chi connectivity index (χ3v) is 2.64. The van der Waals surface area contributed by atoms with E-state index >= 15 is 0 Å². The van der Waals surface area contributed by atoms with E-state index in [-0.39, 0.29) is 12.2 Å². The Morgan fingerprint density at radius 2 is 2.27 bits per heavy atom.